The molecule has 1 aromatic rings. The second kappa shape index (κ2) is 6.89. The second-order valence-corrected chi connectivity index (χ2v) is 5.26. The van der Waals surface area contributed by atoms with E-state index in [9.17, 15) is 4.79 Å². The predicted molar refractivity (Wildman–Crippen MR) is 77.1 cm³/mol. The smallest absolute Gasteiger partial charge is 0.233 e. The molecule has 2 rings (SSSR count). The Balaban J connectivity index is 2.11. The molecule has 3 N–H and O–H groups in total. The average molecular weight is 282 g/mol. The number of nitrogens with zero attached hydrogens (tertiary/aromatic N) is 1. The van der Waals surface area contributed by atoms with E-state index in [1.54, 1.807) is 0 Å². The minimum atomic E-state index is -0.119. The summed E-state index contributed by atoms with van der Waals surface area (Å²) in [5.41, 5.74) is 6.47. The molecule has 0 aromatic heterocycles. The summed E-state index contributed by atoms with van der Waals surface area (Å²) in [7, 11) is 0. The minimum absolute atomic E-state index is 0.0300. The van der Waals surface area contributed by atoms with Crippen LogP contribution in [0.5, 0.6) is 0 Å². The van der Waals surface area contributed by atoms with E-state index in [0.717, 1.165) is 23.7 Å². The first-order chi connectivity index (χ1) is 9.20. The molecule has 1 amide bonds. The van der Waals surface area contributed by atoms with E-state index in [1.165, 1.54) is 12.8 Å². The Morgan fingerprint density at radius 2 is 2.16 bits per heavy atom. The van der Waals surface area contributed by atoms with Gasteiger partial charge in [-0.1, -0.05) is 23.7 Å². The normalized spacial score (nSPS) is 17.4. The molecule has 0 saturated carbocycles. The van der Waals surface area contributed by atoms with E-state index in [2.05, 4.69) is 16.3 Å². The molecule has 1 aliphatic rings. The van der Waals surface area contributed by atoms with Crippen molar-refractivity contribution in [2.45, 2.75) is 18.9 Å². The molecule has 1 fully saturated rings. The van der Waals surface area contributed by atoms with Crippen LogP contribution in [0.25, 0.3) is 0 Å². The molecule has 0 spiro atoms. The van der Waals surface area contributed by atoms with Gasteiger partial charge in [0.2, 0.25) is 5.91 Å². The van der Waals surface area contributed by atoms with Crippen LogP contribution in [0.4, 0.5) is 0 Å². The molecule has 1 aromatic carbocycles. The number of nitrogens with two attached hydrogens (primary N) is 1. The van der Waals surface area contributed by atoms with Gasteiger partial charge in [-0.15, -0.1) is 0 Å². The molecule has 0 aliphatic carbocycles. The highest BCUT2D eigenvalue weighted by Crippen LogP contribution is 2.26. The van der Waals surface area contributed by atoms with Gasteiger partial charge in [-0.3, -0.25) is 9.69 Å². The van der Waals surface area contributed by atoms with Gasteiger partial charge in [-0.2, -0.15) is 0 Å². The van der Waals surface area contributed by atoms with Crippen LogP contribution >= 0.6 is 11.6 Å². The Labute approximate surface area is 118 Å². The number of rotatable bonds is 5. The molecule has 4 nitrogen and oxygen atoms in total. The zero-order valence-corrected chi connectivity index (χ0v) is 11.7. The lowest BCUT2D eigenvalue weighted by Crippen LogP contribution is -2.39. The van der Waals surface area contributed by atoms with Crippen molar-refractivity contribution in [3.8, 4) is 0 Å². The van der Waals surface area contributed by atoms with E-state index in [4.69, 9.17) is 17.3 Å². The first kappa shape index (κ1) is 14.3. The van der Waals surface area contributed by atoms with Crippen LogP contribution in [0.15, 0.2) is 24.3 Å². The number of halogens is 1. The monoisotopic (exact) mass is 281 g/mol. The largest absolute Gasteiger partial charge is 0.353 e. The molecule has 0 bridgehead atoms. The summed E-state index contributed by atoms with van der Waals surface area (Å²) in [5, 5.41) is 3.61. The highest BCUT2D eigenvalue weighted by molar-refractivity contribution is 6.30. The lowest BCUT2D eigenvalue weighted by molar-refractivity contribution is -0.119. The van der Waals surface area contributed by atoms with E-state index >= 15 is 0 Å². The zero-order valence-electron chi connectivity index (χ0n) is 10.9. The Bertz CT molecular complexity index is 432. The molecule has 19 heavy (non-hydrogen) atoms. The van der Waals surface area contributed by atoms with E-state index in [1.807, 2.05) is 18.2 Å². The number of nitrogens with one attached hydrogen (secondary N) is 1. The van der Waals surface area contributed by atoms with Gasteiger partial charge in [0.15, 0.2) is 0 Å². The lowest BCUT2D eigenvalue weighted by atomic mass is 10.1. The van der Waals surface area contributed by atoms with E-state index in [0.29, 0.717) is 6.54 Å². The fraction of sp³-hybridized carbons (Fsp3) is 0.500. The molecule has 1 unspecified atom stereocenters. The number of likely N-dealkylation sites (tertiary alicyclic amines) is 1. The predicted octanol–water partition coefficient (Wildman–Crippen LogP) is 1.55. The maximum Gasteiger partial charge on any atom is 0.233 e. The van der Waals surface area contributed by atoms with Crippen LogP contribution < -0.4 is 11.1 Å². The van der Waals surface area contributed by atoms with Crippen molar-refractivity contribution in [1.29, 1.82) is 0 Å². The summed E-state index contributed by atoms with van der Waals surface area (Å²) in [6.07, 6.45) is 2.42. The minimum Gasteiger partial charge on any atom is -0.353 e. The summed E-state index contributed by atoms with van der Waals surface area (Å²) in [5.74, 6) is -0.119. The highest BCUT2D eigenvalue weighted by atomic mass is 35.5. The number of carbonyl (C=O) groups excluding carboxylic acids is 1. The number of benzene rings is 1. The summed E-state index contributed by atoms with van der Waals surface area (Å²) >= 11 is 6.06. The van der Waals surface area contributed by atoms with E-state index in [-0.39, 0.29) is 18.5 Å². The number of hydrogen-bond donors (Lipinski definition) is 2. The van der Waals surface area contributed by atoms with Crippen LogP contribution in [0.2, 0.25) is 5.02 Å². The SMILES string of the molecule is NCC(=O)NCC(c1cccc(Cl)c1)N1CCCC1. The molecule has 0 radical (unpaired) electrons. The third-order valence-electron chi connectivity index (χ3n) is 3.49. The van der Waals surface area contributed by atoms with Crippen LogP contribution in [-0.2, 0) is 4.79 Å². The van der Waals surface area contributed by atoms with Crippen molar-refractivity contribution < 1.29 is 4.79 Å². The Morgan fingerprint density at radius 3 is 2.79 bits per heavy atom. The Hall–Kier alpha value is -1.10. The molecule has 104 valence electrons. The maximum atomic E-state index is 11.3. The van der Waals surface area contributed by atoms with Crippen molar-refractivity contribution in [3.05, 3.63) is 34.9 Å². The Morgan fingerprint density at radius 1 is 1.42 bits per heavy atom. The van der Waals surface area contributed by atoms with Gasteiger partial charge in [0, 0.05) is 11.6 Å². The topological polar surface area (TPSA) is 58.4 Å². The fourth-order valence-corrected chi connectivity index (χ4v) is 2.71. The summed E-state index contributed by atoms with van der Waals surface area (Å²) in [4.78, 5) is 13.7. The van der Waals surface area contributed by atoms with Gasteiger partial charge in [0.1, 0.15) is 0 Å². The van der Waals surface area contributed by atoms with Crippen LogP contribution in [0.3, 0.4) is 0 Å². The first-order valence-electron chi connectivity index (χ1n) is 6.67. The standard InChI is InChI=1S/C14H20ClN3O/c15-12-5-3-4-11(8-12)13(10-17-14(19)9-16)18-6-1-2-7-18/h3-5,8,13H,1-2,6-7,9-10,16H2,(H,17,19). The van der Waals surface area contributed by atoms with Crippen LogP contribution in [0.1, 0.15) is 24.4 Å². The van der Waals surface area contributed by atoms with Crippen molar-refractivity contribution in [3.63, 3.8) is 0 Å². The number of hydrogen-bond acceptors (Lipinski definition) is 3. The molecule has 1 atom stereocenters. The molecular weight excluding hydrogens is 262 g/mol. The maximum absolute atomic E-state index is 11.3. The molecule has 1 heterocycles. The summed E-state index contributed by atoms with van der Waals surface area (Å²) in [6, 6.07) is 8.02. The number of carbonyl (C=O) groups is 1. The Kier molecular flexibility index (Phi) is 5.19. The third-order valence-corrected chi connectivity index (χ3v) is 3.73. The van der Waals surface area contributed by atoms with Gasteiger partial charge >= 0.3 is 0 Å². The summed E-state index contributed by atoms with van der Waals surface area (Å²) in [6.45, 7) is 2.74. The van der Waals surface area contributed by atoms with Crippen LogP contribution in [0, 0.1) is 0 Å². The quantitative estimate of drug-likeness (QED) is 0.861. The van der Waals surface area contributed by atoms with Crippen molar-refractivity contribution >= 4 is 17.5 Å². The lowest BCUT2D eigenvalue weighted by Gasteiger charge is -2.28. The first-order valence-corrected chi connectivity index (χ1v) is 7.05. The second-order valence-electron chi connectivity index (χ2n) is 4.82. The zero-order chi connectivity index (χ0) is 13.7. The van der Waals surface area contributed by atoms with Gasteiger partial charge in [0.05, 0.1) is 12.6 Å². The van der Waals surface area contributed by atoms with Crippen molar-refractivity contribution in [1.82, 2.24) is 10.2 Å². The fourth-order valence-electron chi connectivity index (χ4n) is 2.51. The highest BCUT2D eigenvalue weighted by Gasteiger charge is 2.23. The summed E-state index contributed by atoms with van der Waals surface area (Å²) < 4.78 is 0. The van der Waals surface area contributed by atoms with Gasteiger partial charge < -0.3 is 11.1 Å². The van der Waals surface area contributed by atoms with Crippen molar-refractivity contribution in [2.24, 2.45) is 5.73 Å². The number of amides is 1. The molecule has 1 saturated heterocycles. The molecule has 5 heteroatoms. The van der Waals surface area contributed by atoms with Gasteiger partial charge in [-0.25, -0.2) is 0 Å². The molecular formula is C14H20ClN3O. The van der Waals surface area contributed by atoms with Gasteiger partial charge in [0.25, 0.3) is 0 Å². The van der Waals surface area contributed by atoms with Crippen molar-refractivity contribution in [2.75, 3.05) is 26.2 Å². The third kappa shape index (κ3) is 3.93. The van der Waals surface area contributed by atoms with Gasteiger partial charge in [-0.05, 0) is 43.6 Å². The molecule has 1 aliphatic heterocycles. The van der Waals surface area contributed by atoms with Crippen LogP contribution in [-0.4, -0.2) is 37.0 Å². The van der Waals surface area contributed by atoms with E-state index < -0.39 is 0 Å². The average Bonchev–Trinajstić information content (AvgIpc) is 2.93.